The number of aliphatic hydroxyl groups is 3. The topological polar surface area (TPSA) is 79.2 Å². The molecule has 2 aromatic carbocycles. The number of methoxy groups -OCH3 is 1. The van der Waals surface area contributed by atoms with E-state index in [0.717, 1.165) is 36.8 Å². The molecule has 0 amide bonds. The van der Waals surface area contributed by atoms with E-state index in [1.165, 1.54) is 18.2 Å². The Morgan fingerprint density at radius 2 is 1.80 bits per heavy atom. The Morgan fingerprint density at radius 1 is 1.03 bits per heavy atom. The Kier molecular flexibility index (Phi) is 6.78. The lowest BCUT2D eigenvalue weighted by molar-refractivity contribution is -0.233. The molecule has 0 saturated carbocycles. The summed E-state index contributed by atoms with van der Waals surface area (Å²) < 4.78 is 11.0. The molecule has 2 aromatic rings. The third-order valence-electron chi connectivity index (χ3n) is 6.40. The van der Waals surface area contributed by atoms with Crippen LogP contribution < -0.4 is 0 Å². The van der Waals surface area contributed by atoms with Gasteiger partial charge in [0.25, 0.3) is 0 Å². The SMILES string of the molecule is COC[C@H]1O[C@@H](c2ccc(Cl)c(CC3CCc4ccccc4C3)c2)[C@H](O)[C@@H](O)[C@@H]1O. The number of halogens is 1. The predicted octanol–water partition coefficient (Wildman–Crippen LogP) is 2.86. The standard InChI is InChI=1S/C24H29ClO5/c1-29-13-20-21(26)22(27)23(28)24(30-20)17-8-9-19(25)18(12-17)11-14-6-7-15-4-2-3-5-16(15)10-14/h2-5,8-9,12,14,20-24,26-28H,6-7,10-11,13H2,1H3/t14?,20-,21-,22+,23-,24+/m1/s1. The van der Waals surface area contributed by atoms with Crippen LogP contribution in [-0.4, -0.2) is 53.5 Å². The van der Waals surface area contributed by atoms with Crippen LogP contribution in [-0.2, 0) is 28.7 Å². The van der Waals surface area contributed by atoms with Gasteiger partial charge in [0, 0.05) is 12.1 Å². The fourth-order valence-electron chi connectivity index (χ4n) is 4.71. The van der Waals surface area contributed by atoms with Gasteiger partial charge in [-0.1, -0.05) is 48.0 Å². The minimum absolute atomic E-state index is 0.128. The molecule has 0 aromatic heterocycles. The van der Waals surface area contributed by atoms with Gasteiger partial charge in [0.15, 0.2) is 0 Å². The van der Waals surface area contributed by atoms with E-state index >= 15 is 0 Å². The van der Waals surface area contributed by atoms with Crippen molar-refractivity contribution < 1.29 is 24.8 Å². The summed E-state index contributed by atoms with van der Waals surface area (Å²) in [7, 11) is 1.51. The molecule has 1 fully saturated rings. The number of ether oxygens (including phenoxy) is 2. The van der Waals surface area contributed by atoms with Crippen LogP contribution in [0.4, 0.5) is 0 Å². The van der Waals surface area contributed by atoms with Crippen LogP contribution in [0.5, 0.6) is 0 Å². The smallest absolute Gasteiger partial charge is 0.113 e. The lowest BCUT2D eigenvalue weighted by Crippen LogP contribution is -2.55. The molecular formula is C24H29ClO5. The zero-order valence-electron chi connectivity index (χ0n) is 17.1. The average Bonchev–Trinajstić information content (AvgIpc) is 2.76. The van der Waals surface area contributed by atoms with Crippen molar-refractivity contribution in [3.8, 4) is 0 Å². The Morgan fingerprint density at radius 3 is 2.57 bits per heavy atom. The summed E-state index contributed by atoms with van der Waals surface area (Å²) in [4.78, 5) is 0. The lowest BCUT2D eigenvalue weighted by atomic mass is 9.80. The summed E-state index contributed by atoms with van der Waals surface area (Å²) in [6.45, 7) is 0.128. The molecule has 0 bridgehead atoms. The molecule has 1 aliphatic carbocycles. The molecule has 2 aliphatic rings. The van der Waals surface area contributed by atoms with Gasteiger partial charge in [-0.2, -0.15) is 0 Å². The van der Waals surface area contributed by atoms with E-state index in [-0.39, 0.29) is 6.61 Å². The number of rotatable bonds is 5. The van der Waals surface area contributed by atoms with E-state index in [1.807, 2.05) is 18.2 Å². The average molecular weight is 433 g/mol. The highest BCUT2D eigenvalue weighted by Gasteiger charge is 2.44. The normalized spacial score (nSPS) is 31.4. The number of benzene rings is 2. The molecule has 0 radical (unpaired) electrons. The van der Waals surface area contributed by atoms with Gasteiger partial charge < -0.3 is 24.8 Å². The van der Waals surface area contributed by atoms with E-state index in [2.05, 4.69) is 24.3 Å². The van der Waals surface area contributed by atoms with Gasteiger partial charge in [0.2, 0.25) is 0 Å². The highest BCUT2D eigenvalue weighted by Crippen LogP contribution is 2.36. The summed E-state index contributed by atoms with van der Waals surface area (Å²) in [5, 5.41) is 31.7. The maximum Gasteiger partial charge on any atom is 0.113 e. The molecular weight excluding hydrogens is 404 g/mol. The maximum atomic E-state index is 10.5. The number of aliphatic hydroxyl groups excluding tert-OH is 3. The van der Waals surface area contributed by atoms with Gasteiger partial charge in [-0.05, 0) is 59.9 Å². The number of hydrogen-bond acceptors (Lipinski definition) is 5. The zero-order valence-corrected chi connectivity index (χ0v) is 17.8. The van der Waals surface area contributed by atoms with Gasteiger partial charge in [0.05, 0.1) is 6.61 Å². The zero-order chi connectivity index (χ0) is 21.3. The van der Waals surface area contributed by atoms with E-state index in [1.54, 1.807) is 0 Å². The number of aryl methyl sites for hydroxylation is 1. The molecule has 1 aliphatic heterocycles. The number of fused-ring (bicyclic) bond motifs is 1. The lowest BCUT2D eigenvalue weighted by Gasteiger charge is -2.40. The summed E-state index contributed by atoms with van der Waals surface area (Å²) in [5.74, 6) is 0.499. The van der Waals surface area contributed by atoms with E-state index in [4.69, 9.17) is 21.1 Å². The summed E-state index contributed by atoms with van der Waals surface area (Å²) in [5.41, 5.74) is 4.60. The van der Waals surface area contributed by atoms with Crippen LogP contribution in [0.2, 0.25) is 5.02 Å². The van der Waals surface area contributed by atoms with Crippen molar-refractivity contribution in [2.75, 3.05) is 13.7 Å². The molecule has 4 rings (SSSR count). The van der Waals surface area contributed by atoms with Crippen LogP contribution in [0.1, 0.15) is 34.8 Å². The van der Waals surface area contributed by atoms with Crippen LogP contribution in [0.15, 0.2) is 42.5 Å². The molecule has 5 nitrogen and oxygen atoms in total. The van der Waals surface area contributed by atoms with Gasteiger partial charge in [-0.25, -0.2) is 0 Å². The van der Waals surface area contributed by atoms with Crippen LogP contribution in [0.25, 0.3) is 0 Å². The predicted molar refractivity (Wildman–Crippen MR) is 115 cm³/mol. The number of hydrogen-bond donors (Lipinski definition) is 3. The Labute approximate surface area is 182 Å². The second-order valence-corrected chi connectivity index (χ2v) is 8.86. The molecule has 0 spiro atoms. The highest BCUT2D eigenvalue weighted by molar-refractivity contribution is 6.31. The minimum atomic E-state index is -1.31. The fourth-order valence-corrected chi connectivity index (χ4v) is 4.91. The van der Waals surface area contributed by atoms with Crippen LogP contribution >= 0.6 is 11.6 Å². The third-order valence-corrected chi connectivity index (χ3v) is 6.77. The second-order valence-electron chi connectivity index (χ2n) is 8.45. The van der Waals surface area contributed by atoms with Crippen molar-refractivity contribution in [2.45, 2.75) is 56.2 Å². The first-order valence-corrected chi connectivity index (χ1v) is 10.9. The van der Waals surface area contributed by atoms with Crippen molar-refractivity contribution in [1.29, 1.82) is 0 Å². The van der Waals surface area contributed by atoms with Gasteiger partial charge in [-0.15, -0.1) is 0 Å². The Bertz CT molecular complexity index is 872. The Hall–Kier alpha value is -1.47. The van der Waals surface area contributed by atoms with Crippen molar-refractivity contribution >= 4 is 11.6 Å². The van der Waals surface area contributed by atoms with Gasteiger partial charge >= 0.3 is 0 Å². The Balaban J connectivity index is 1.53. The van der Waals surface area contributed by atoms with E-state index in [9.17, 15) is 15.3 Å². The molecule has 1 heterocycles. The van der Waals surface area contributed by atoms with Crippen molar-refractivity contribution in [3.05, 3.63) is 69.7 Å². The molecule has 6 heteroatoms. The third kappa shape index (κ3) is 4.42. The van der Waals surface area contributed by atoms with Crippen LogP contribution in [0, 0.1) is 5.92 Å². The summed E-state index contributed by atoms with van der Waals surface area (Å²) >= 11 is 6.51. The molecule has 162 valence electrons. The van der Waals surface area contributed by atoms with Crippen LogP contribution in [0.3, 0.4) is 0 Å². The fraction of sp³-hybridized carbons (Fsp3) is 0.500. The highest BCUT2D eigenvalue weighted by atomic mass is 35.5. The molecule has 30 heavy (non-hydrogen) atoms. The van der Waals surface area contributed by atoms with E-state index in [0.29, 0.717) is 10.9 Å². The summed E-state index contributed by atoms with van der Waals surface area (Å²) in [6, 6.07) is 14.2. The second kappa shape index (κ2) is 9.35. The minimum Gasteiger partial charge on any atom is -0.388 e. The van der Waals surface area contributed by atoms with E-state index < -0.39 is 30.5 Å². The van der Waals surface area contributed by atoms with Gasteiger partial charge in [-0.3, -0.25) is 0 Å². The van der Waals surface area contributed by atoms with Crippen molar-refractivity contribution in [1.82, 2.24) is 0 Å². The first-order chi connectivity index (χ1) is 14.5. The quantitative estimate of drug-likeness (QED) is 0.677. The monoisotopic (exact) mass is 432 g/mol. The maximum absolute atomic E-state index is 10.5. The molecule has 3 N–H and O–H groups in total. The first kappa shape index (κ1) is 21.8. The van der Waals surface area contributed by atoms with Crippen molar-refractivity contribution in [2.24, 2.45) is 5.92 Å². The molecule has 1 unspecified atom stereocenters. The summed E-state index contributed by atoms with van der Waals surface area (Å²) in [6.07, 6.45) is -1.16. The molecule has 6 atom stereocenters. The van der Waals surface area contributed by atoms with Crippen molar-refractivity contribution in [3.63, 3.8) is 0 Å². The first-order valence-electron chi connectivity index (χ1n) is 10.5. The molecule has 1 saturated heterocycles. The van der Waals surface area contributed by atoms with Gasteiger partial charge in [0.1, 0.15) is 30.5 Å². The largest absolute Gasteiger partial charge is 0.388 e.